The van der Waals surface area contributed by atoms with Crippen molar-refractivity contribution in [3.63, 3.8) is 0 Å². The average molecular weight is 234 g/mol. The van der Waals surface area contributed by atoms with Crippen molar-refractivity contribution in [3.05, 3.63) is 39.3 Å². The molecule has 90 valence electrons. The Morgan fingerprint density at radius 3 is 2.82 bits per heavy atom. The molecule has 2 heterocycles. The van der Waals surface area contributed by atoms with Gasteiger partial charge in [-0.2, -0.15) is 0 Å². The Bertz CT molecular complexity index is 662. The van der Waals surface area contributed by atoms with Crippen molar-refractivity contribution in [2.45, 2.75) is 26.3 Å². The summed E-state index contributed by atoms with van der Waals surface area (Å²) in [5.41, 5.74) is -0.216. The number of fused-ring (bicyclic) bond motifs is 1. The Labute approximate surface area is 97.0 Å². The van der Waals surface area contributed by atoms with Crippen molar-refractivity contribution >= 4 is 11.2 Å². The number of imidazole rings is 1. The predicted molar refractivity (Wildman–Crippen MR) is 65.2 cm³/mol. The van der Waals surface area contributed by atoms with Crippen LogP contribution in [0.2, 0.25) is 0 Å². The van der Waals surface area contributed by atoms with Gasteiger partial charge in [-0.3, -0.25) is 14.8 Å². The summed E-state index contributed by atoms with van der Waals surface area (Å²) in [5.74, 6) is 0.787. The summed E-state index contributed by atoms with van der Waals surface area (Å²) in [6, 6.07) is 0. The van der Waals surface area contributed by atoms with Crippen molar-refractivity contribution in [3.8, 4) is 0 Å². The first-order valence-electron chi connectivity index (χ1n) is 5.50. The molecule has 0 radical (unpaired) electrons. The average Bonchev–Trinajstić information content (AvgIpc) is 2.58. The van der Waals surface area contributed by atoms with E-state index >= 15 is 0 Å². The maximum absolute atomic E-state index is 11.7. The highest BCUT2D eigenvalue weighted by atomic mass is 16.2. The third-order valence-electron chi connectivity index (χ3n) is 2.51. The molecule has 2 aromatic rings. The molecule has 17 heavy (non-hydrogen) atoms. The van der Waals surface area contributed by atoms with Crippen LogP contribution < -0.4 is 11.2 Å². The van der Waals surface area contributed by atoms with E-state index in [1.165, 1.54) is 0 Å². The molecule has 0 aliphatic rings. The molecule has 0 amide bonds. The SMILES string of the molecule is C=CCn1c(CCC)nc2[nH]c(=O)[nH]c(=O)c21. The zero-order valence-corrected chi connectivity index (χ0v) is 9.62. The van der Waals surface area contributed by atoms with Gasteiger partial charge in [0.05, 0.1) is 0 Å². The molecule has 0 atom stereocenters. The van der Waals surface area contributed by atoms with Gasteiger partial charge in [0, 0.05) is 13.0 Å². The van der Waals surface area contributed by atoms with Gasteiger partial charge < -0.3 is 4.57 Å². The minimum Gasteiger partial charge on any atom is -0.318 e. The molecule has 6 nitrogen and oxygen atoms in total. The van der Waals surface area contributed by atoms with Gasteiger partial charge in [-0.1, -0.05) is 13.0 Å². The summed E-state index contributed by atoms with van der Waals surface area (Å²) in [4.78, 5) is 31.9. The second-order valence-electron chi connectivity index (χ2n) is 3.78. The molecular formula is C11H14N4O2. The van der Waals surface area contributed by atoms with Crippen LogP contribution in [0.25, 0.3) is 11.2 Å². The molecule has 2 N–H and O–H groups in total. The lowest BCUT2D eigenvalue weighted by atomic mass is 10.3. The highest BCUT2D eigenvalue weighted by Gasteiger charge is 2.13. The van der Waals surface area contributed by atoms with Crippen molar-refractivity contribution in [1.29, 1.82) is 0 Å². The summed E-state index contributed by atoms with van der Waals surface area (Å²) in [7, 11) is 0. The van der Waals surface area contributed by atoms with Crippen LogP contribution in [0.15, 0.2) is 22.2 Å². The largest absolute Gasteiger partial charge is 0.327 e. The number of aromatic nitrogens is 4. The first-order chi connectivity index (χ1) is 8.17. The first-order valence-corrected chi connectivity index (χ1v) is 5.50. The topological polar surface area (TPSA) is 83.5 Å². The summed E-state index contributed by atoms with van der Waals surface area (Å²) in [5, 5.41) is 0. The number of rotatable bonds is 4. The number of aromatic amines is 2. The maximum Gasteiger partial charge on any atom is 0.327 e. The number of nitrogens with zero attached hydrogens (tertiary/aromatic N) is 2. The highest BCUT2D eigenvalue weighted by Crippen LogP contribution is 2.10. The zero-order chi connectivity index (χ0) is 12.4. The van der Waals surface area contributed by atoms with E-state index in [0.29, 0.717) is 17.7 Å². The molecular weight excluding hydrogens is 220 g/mol. The van der Waals surface area contributed by atoms with Gasteiger partial charge in [-0.15, -0.1) is 6.58 Å². The molecule has 0 saturated carbocycles. The highest BCUT2D eigenvalue weighted by molar-refractivity contribution is 5.70. The van der Waals surface area contributed by atoms with Gasteiger partial charge in [0.2, 0.25) is 0 Å². The van der Waals surface area contributed by atoms with Crippen LogP contribution in [-0.4, -0.2) is 19.5 Å². The Hall–Kier alpha value is -2.11. The molecule has 0 spiro atoms. The molecule has 0 fully saturated rings. The van der Waals surface area contributed by atoms with Crippen molar-refractivity contribution in [2.24, 2.45) is 0 Å². The normalized spacial score (nSPS) is 10.9. The number of hydrogen-bond donors (Lipinski definition) is 2. The van der Waals surface area contributed by atoms with Gasteiger partial charge in [-0.05, 0) is 6.42 Å². The van der Waals surface area contributed by atoms with Crippen LogP contribution in [-0.2, 0) is 13.0 Å². The minimum absolute atomic E-state index is 0.337. The van der Waals surface area contributed by atoms with E-state index in [2.05, 4.69) is 21.5 Å². The Morgan fingerprint density at radius 2 is 2.18 bits per heavy atom. The lowest BCUT2D eigenvalue weighted by Gasteiger charge is -2.03. The second-order valence-corrected chi connectivity index (χ2v) is 3.78. The van der Waals surface area contributed by atoms with Gasteiger partial charge in [0.15, 0.2) is 11.2 Å². The number of aryl methyl sites for hydroxylation is 1. The predicted octanol–water partition coefficient (Wildman–Crippen LogP) is 0.551. The van der Waals surface area contributed by atoms with E-state index in [1.54, 1.807) is 10.6 Å². The quantitative estimate of drug-likeness (QED) is 0.758. The summed E-state index contributed by atoms with van der Waals surface area (Å²) < 4.78 is 1.78. The van der Waals surface area contributed by atoms with E-state index in [-0.39, 0.29) is 0 Å². The third kappa shape index (κ3) is 1.93. The van der Waals surface area contributed by atoms with Crippen molar-refractivity contribution < 1.29 is 0 Å². The van der Waals surface area contributed by atoms with E-state index in [1.807, 2.05) is 6.92 Å². The smallest absolute Gasteiger partial charge is 0.318 e. The van der Waals surface area contributed by atoms with Gasteiger partial charge in [0.1, 0.15) is 5.82 Å². The number of hydrogen-bond acceptors (Lipinski definition) is 3. The molecule has 0 aliphatic carbocycles. The van der Waals surface area contributed by atoms with Gasteiger partial charge in [0.25, 0.3) is 5.56 Å². The molecule has 0 aliphatic heterocycles. The number of allylic oxidation sites excluding steroid dienone is 1. The van der Waals surface area contributed by atoms with E-state index in [4.69, 9.17) is 0 Å². The molecule has 2 rings (SSSR count). The fourth-order valence-electron chi connectivity index (χ4n) is 1.86. The third-order valence-corrected chi connectivity index (χ3v) is 2.51. The molecule has 2 aromatic heterocycles. The van der Waals surface area contributed by atoms with Crippen LogP contribution in [0.3, 0.4) is 0 Å². The van der Waals surface area contributed by atoms with Crippen molar-refractivity contribution in [1.82, 2.24) is 19.5 Å². The molecule has 6 heteroatoms. The molecule has 0 unspecified atom stereocenters. The van der Waals surface area contributed by atoms with Gasteiger partial charge >= 0.3 is 5.69 Å². The second kappa shape index (κ2) is 4.40. The Balaban J connectivity index is 2.79. The minimum atomic E-state index is -0.534. The van der Waals surface area contributed by atoms with Crippen LogP contribution in [0.1, 0.15) is 19.2 Å². The lowest BCUT2D eigenvalue weighted by molar-refractivity contribution is 0.731. The van der Waals surface area contributed by atoms with Crippen LogP contribution >= 0.6 is 0 Å². The Kier molecular flexibility index (Phi) is 2.95. The molecule has 0 aromatic carbocycles. The van der Waals surface area contributed by atoms with E-state index in [0.717, 1.165) is 18.7 Å². The molecule has 0 bridgehead atoms. The van der Waals surface area contributed by atoms with Crippen LogP contribution in [0, 0.1) is 0 Å². The van der Waals surface area contributed by atoms with Crippen LogP contribution in [0.4, 0.5) is 0 Å². The van der Waals surface area contributed by atoms with E-state index in [9.17, 15) is 9.59 Å². The maximum atomic E-state index is 11.7. The fourth-order valence-corrected chi connectivity index (χ4v) is 1.86. The fraction of sp³-hybridized carbons (Fsp3) is 0.364. The number of nitrogens with one attached hydrogen (secondary N) is 2. The van der Waals surface area contributed by atoms with E-state index < -0.39 is 11.2 Å². The summed E-state index contributed by atoms with van der Waals surface area (Å²) >= 11 is 0. The van der Waals surface area contributed by atoms with Crippen molar-refractivity contribution in [2.75, 3.05) is 0 Å². The zero-order valence-electron chi connectivity index (χ0n) is 9.62. The molecule has 0 saturated heterocycles. The standard InChI is InChI=1S/C11H14N4O2/c1-3-5-7-12-9-8(15(7)6-4-2)10(16)14-11(17)13-9/h4H,2-3,5-6H2,1H3,(H2,13,14,16,17). The first kappa shape index (κ1) is 11.4. The van der Waals surface area contributed by atoms with Gasteiger partial charge in [-0.25, -0.2) is 9.78 Å². The monoisotopic (exact) mass is 234 g/mol. The Morgan fingerprint density at radius 1 is 1.41 bits per heavy atom. The summed E-state index contributed by atoms with van der Waals surface area (Å²) in [6.45, 7) is 6.19. The lowest BCUT2D eigenvalue weighted by Crippen LogP contribution is -2.23. The van der Waals surface area contributed by atoms with Crippen LogP contribution in [0.5, 0.6) is 0 Å². The summed E-state index contributed by atoms with van der Waals surface area (Å²) in [6.07, 6.45) is 3.37. The number of H-pyrrole nitrogens is 2.